The van der Waals surface area contributed by atoms with Gasteiger partial charge in [-0.1, -0.05) is 17.2 Å². The SMILES string of the molecule is COCCn1c([C@H]2CCN(C(=O)c3cc(C)cc(C)c3)C2)nc2cccnc21. The third-order valence-electron chi connectivity index (χ3n) is 5.36. The molecular weight excluding hydrogens is 352 g/mol. The minimum absolute atomic E-state index is 0.104. The highest BCUT2D eigenvalue weighted by Crippen LogP contribution is 2.30. The number of hydrogen-bond acceptors (Lipinski definition) is 4. The second kappa shape index (κ2) is 7.72. The summed E-state index contributed by atoms with van der Waals surface area (Å²) in [7, 11) is 1.70. The van der Waals surface area contributed by atoms with Gasteiger partial charge in [-0.2, -0.15) is 0 Å². The number of aromatic nitrogens is 3. The molecule has 3 heterocycles. The number of carbonyl (C=O) groups excluding carboxylic acids is 1. The molecule has 0 spiro atoms. The fourth-order valence-corrected chi connectivity index (χ4v) is 4.13. The van der Waals surface area contributed by atoms with Crippen molar-refractivity contribution in [1.29, 1.82) is 0 Å². The Morgan fingerprint density at radius 2 is 2.04 bits per heavy atom. The lowest BCUT2D eigenvalue weighted by Crippen LogP contribution is -2.29. The molecule has 4 rings (SSSR count). The molecule has 1 amide bonds. The van der Waals surface area contributed by atoms with Crippen molar-refractivity contribution in [2.24, 2.45) is 0 Å². The molecule has 1 fully saturated rings. The Bertz CT molecular complexity index is 991. The number of fused-ring (bicyclic) bond motifs is 1. The number of pyridine rings is 1. The Morgan fingerprint density at radius 3 is 2.79 bits per heavy atom. The van der Waals surface area contributed by atoms with Gasteiger partial charge in [-0.25, -0.2) is 9.97 Å². The van der Waals surface area contributed by atoms with Gasteiger partial charge in [0.15, 0.2) is 5.65 Å². The summed E-state index contributed by atoms with van der Waals surface area (Å²) >= 11 is 0. The van der Waals surface area contributed by atoms with E-state index in [1.54, 1.807) is 13.3 Å². The van der Waals surface area contributed by atoms with Gasteiger partial charge in [0.2, 0.25) is 0 Å². The van der Waals surface area contributed by atoms with Crippen molar-refractivity contribution in [3.05, 3.63) is 59.0 Å². The smallest absolute Gasteiger partial charge is 0.253 e. The van der Waals surface area contributed by atoms with Crippen LogP contribution in [0.2, 0.25) is 0 Å². The van der Waals surface area contributed by atoms with Crippen LogP contribution < -0.4 is 0 Å². The zero-order valence-corrected chi connectivity index (χ0v) is 16.7. The van der Waals surface area contributed by atoms with Gasteiger partial charge in [0.05, 0.1) is 6.61 Å². The predicted molar refractivity (Wildman–Crippen MR) is 109 cm³/mol. The Kier molecular flexibility index (Phi) is 5.13. The molecule has 0 N–H and O–H groups in total. The summed E-state index contributed by atoms with van der Waals surface area (Å²) < 4.78 is 7.43. The third-order valence-corrected chi connectivity index (χ3v) is 5.36. The fourth-order valence-electron chi connectivity index (χ4n) is 4.13. The summed E-state index contributed by atoms with van der Waals surface area (Å²) in [5.74, 6) is 1.31. The molecule has 6 heteroatoms. The van der Waals surface area contributed by atoms with Crippen LogP contribution in [0.25, 0.3) is 11.2 Å². The number of hydrogen-bond donors (Lipinski definition) is 0. The molecule has 0 radical (unpaired) electrons. The maximum atomic E-state index is 13.0. The van der Waals surface area contributed by atoms with Crippen molar-refractivity contribution in [3.63, 3.8) is 0 Å². The number of benzene rings is 1. The molecular formula is C22H26N4O2. The van der Waals surface area contributed by atoms with Crippen molar-refractivity contribution in [3.8, 4) is 0 Å². The number of rotatable bonds is 5. The van der Waals surface area contributed by atoms with E-state index in [2.05, 4.69) is 15.6 Å². The lowest BCUT2D eigenvalue weighted by atomic mass is 10.1. The van der Waals surface area contributed by atoms with Gasteiger partial charge < -0.3 is 14.2 Å². The molecule has 3 aromatic rings. The van der Waals surface area contributed by atoms with E-state index in [1.165, 1.54) is 0 Å². The Balaban J connectivity index is 1.59. The number of amides is 1. The molecule has 28 heavy (non-hydrogen) atoms. The minimum Gasteiger partial charge on any atom is -0.383 e. The topological polar surface area (TPSA) is 60.2 Å². The standard InChI is InChI=1S/C22H26N4O2/c1-15-11-16(2)13-18(12-15)22(27)25-8-6-17(14-25)20-24-19-5-4-7-23-21(19)26(20)9-10-28-3/h4-5,7,11-13,17H,6,8-10,14H2,1-3H3/t17-/m0/s1. The molecule has 1 saturated heterocycles. The quantitative estimate of drug-likeness (QED) is 0.683. The number of methoxy groups -OCH3 is 1. The number of imidazole rings is 1. The first-order valence-electron chi connectivity index (χ1n) is 9.74. The molecule has 1 atom stereocenters. The van der Waals surface area contributed by atoms with Crippen molar-refractivity contribution < 1.29 is 9.53 Å². The van der Waals surface area contributed by atoms with Crippen LogP contribution in [-0.2, 0) is 11.3 Å². The lowest BCUT2D eigenvalue weighted by molar-refractivity contribution is 0.0790. The monoisotopic (exact) mass is 378 g/mol. The number of likely N-dealkylation sites (tertiary alicyclic amines) is 1. The average molecular weight is 378 g/mol. The largest absolute Gasteiger partial charge is 0.383 e. The number of aryl methyl sites for hydroxylation is 2. The van der Waals surface area contributed by atoms with Gasteiger partial charge in [0.1, 0.15) is 11.3 Å². The highest BCUT2D eigenvalue weighted by atomic mass is 16.5. The Labute approximate surface area is 165 Å². The average Bonchev–Trinajstić information content (AvgIpc) is 3.30. The summed E-state index contributed by atoms with van der Waals surface area (Å²) in [6.45, 7) is 6.80. The summed E-state index contributed by atoms with van der Waals surface area (Å²) in [6.07, 6.45) is 2.70. The van der Waals surface area contributed by atoms with E-state index in [1.807, 2.05) is 43.0 Å². The van der Waals surface area contributed by atoms with Crippen LogP contribution in [0, 0.1) is 13.8 Å². The van der Waals surface area contributed by atoms with Gasteiger partial charge in [-0.3, -0.25) is 4.79 Å². The van der Waals surface area contributed by atoms with Crippen molar-refractivity contribution in [2.45, 2.75) is 32.7 Å². The number of ether oxygens (including phenoxy) is 1. The Hall–Kier alpha value is -2.73. The summed E-state index contributed by atoms with van der Waals surface area (Å²) in [5, 5.41) is 0. The zero-order valence-electron chi connectivity index (χ0n) is 16.7. The van der Waals surface area contributed by atoms with Gasteiger partial charge in [0.25, 0.3) is 5.91 Å². The van der Waals surface area contributed by atoms with Crippen LogP contribution >= 0.6 is 0 Å². The van der Waals surface area contributed by atoms with Crippen LogP contribution in [-0.4, -0.2) is 52.1 Å². The molecule has 6 nitrogen and oxygen atoms in total. The number of nitrogens with zero attached hydrogens (tertiary/aromatic N) is 4. The van der Waals surface area contributed by atoms with E-state index in [0.29, 0.717) is 19.7 Å². The predicted octanol–water partition coefficient (Wildman–Crippen LogP) is 3.32. The van der Waals surface area contributed by atoms with Crippen LogP contribution in [0.15, 0.2) is 36.5 Å². The highest BCUT2D eigenvalue weighted by Gasteiger charge is 2.31. The number of carbonyl (C=O) groups is 1. The second-order valence-corrected chi connectivity index (χ2v) is 7.57. The molecule has 2 aromatic heterocycles. The van der Waals surface area contributed by atoms with Crippen LogP contribution in [0.5, 0.6) is 0 Å². The Morgan fingerprint density at radius 1 is 1.25 bits per heavy atom. The van der Waals surface area contributed by atoms with E-state index in [-0.39, 0.29) is 11.8 Å². The van der Waals surface area contributed by atoms with E-state index in [9.17, 15) is 4.79 Å². The maximum absolute atomic E-state index is 13.0. The molecule has 146 valence electrons. The first-order chi connectivity index (χ1) is 13.6. The summed E-state index contributed by atoms with van der Waals surface area (Å²) in [5.41, 5.74) is 4.78. The molecule has 1 aromatic carbocycles. The fraction of sp³-hybridized carbons (Fsp3) is 0.409. The van der Waals surface area contributed by atoms with Gasteiger partial charge >= 0.3 is 0 Å². The van der Waals surface area contributed by atoms with Crippen molar-refractivity contribution in [2.75, 3.05) is 26.8 Å². The molecule has 1 aliphatic rings. The van der Waals surface area contributed by atoms with E-state index >= 15 is 0 Å². The van der Waals surface area contributed by atoms with E-state index < -0.39 is 0 Å². The van der Waals surface area contributed by atoms with Gasteiger partial charge in [-0.05, 0) is 44.5 Å². The van der Waals surface area contributed by atoms with Crippen LogP contribution in [0.3, 0.4) is 0 Å². The first-order valence-corrected chi connectivity index (χ1v) is 9.74. The first kappa shape index (κ1) is 18.6. The van der Waals surface area contributed by atoms with E-state index in [4.69, 9.17) is 9.72 Å². The van der Waals surface area contributed by atoms with Crippen molar-refractivity contribution >= 4 is 17.1 Å². The zero-order chi connectivity index (χ0) is 19.7. The molecule has 0 unspecified atom stereocenters. The third kappa shape index (κ3) is 3.52. The highest BCUT2D eigenvalue weighted by molar-refractivity contribution is 5.94. The van der Waals surface area contributed by atoms with Gasteiger partial charge in [0, 0.05) is 44.4 Å². The molecule has 0 aliphatic carbocycles. The summed E-state index contributed by atoms with van der Waals surface area (Å²) in [6, 6.07) is 9.93. The molecule has 0 saturated carbocycles. The summed E-state index contributed by atoms with van der Waals surface area (Å²) in [4.78, 5) is 24.3. The van der Waals surface area contributed by atoms with Crippen molar-refractivity contribution in [1.82, 2.24) is 19.4 Å². The second-order valence-electron chi connectivity index (χ2n) is 7.57. The maximum Gasteiger partial charge on any atom is 0.253 e. The minimum atomic E-state index is 0.104. The van der Waals surface area contributed by atoms with E-state index in [0.717, 1.165) is 46.6 Å². The molecule has 1 aliphatic heterocycles. The van der Waals surface area contributed by atoms with Gasteiger partial charge in [-0.15, -0.1) is 0 Å². The molecule has 0 bridgehead atoms. The normalized spacial score (nSPS) is 16.8. The van der Waals surface area contributed by atoms with Crippen LogP contribution in [0.1, 0.15) is 39.6 Å². The lowest BCUT2D eigenvalue weighted by Gasteiger charge is -2.18. The van der Waals surface area contributed by atoms with Crippen LogP contribution in [0.4, 0.5) is 0 Å².